The zero-order valence-corrected chi connectivity index (χ0v) is 20.0. The van der Waals surface area contributed by atoms with Crippen LogP contribution < -0.4 is 0 Å². The Morgan fingerprint density at radius 3 is 2.50 bits per heavy atom. The second-order valence-corrected chi connectivity index (χ2v) is 10.1. The SMILES string of the molecule is O=C1C[C@H]2C(C[C@@H](OC3CCCCO3)[C@@H]2/C=C/[C@H](CCc2ccccc2)OC2CCCCO2)O1. The van der Waals surface area contributed by atoms with Gasteiger partial charge in [-0.15, -0.1) is 0 Å². The van der Waals surface area contributed by atoms with E-state index in [1.165, 1.54) is 5.56 Å². The van der Waals surface area contributed by atoms with Gasteiger partial charge < -0.3 is 23.7 Å². The van der Waals surface area contributed by atoms with E-state index in [1.54, 1.807) is 0 Å². The lowest BCUT2D eigenvalue weighted by atomic mass is 9.91. The van der Waals surface area contributed by atoms with Gasteiger partial charge in [0.1, 0.15) is 6.10 Å². The van der Waals surface area contributed by atoms with Crippen molar-refractivity contribution in [1.29, 1.82) is 0 Å². The van der Waals surface area contributed by atoms with Crippen LogP contribution in [0.15, 0.2) is 42.5 Å². The Morgan fingerprint density at radius 1 is 1.00 bits per heavy atom. The van der Waals surface area contributed by atoms with Crippen molar-refractivity contribution in [3.63, 3.8) is 0 Å². The molecule has 1 saturated carbocycles. The average Bonchev–Trinajstić information content (AvgIpc) is 3.38. The summed E-state index contributed by atoms with van der Waals surface area (Å²) >= 11 is 0. The van der Waals surface area contributed by atoms with Crippen LogP contribution in [0.25, 0.3) is 0 Å². The molecule has 186 valence electrons. The molecule has 3 saturated heterocycles. The molecule has 7 atom stereocenters. The Balaban J connectivity index is 1.27. The second kappa shape index (κ2) is 11.8. The van der Waals surface area contributed by atoms with Crippen LogP contribution in [0.5, 0.6) is 0 Å². The third kappa shape index (κ3) is 6.28. The topological polar surface area (TPSA) is 63.2 Å². The first-order chi connectivity index (χ1) is 16.7. The maximum atomic E-state index is 12.0. The molecule has 4 fully saturated rings. The maximum absolute atomic E-state index is 12.0. The zero-order valence-electron chi connectivity index (χ0n) is 20.0. The Hall–Kier alpha value is -1.73. The van der Waals surface area contributed by atoms with Crippen LogP contribution in [0.2, 0.25) is 0 Å². The van der Waals surface area contributed by atoms with Crippen molar-refractivity contribution in [2.45, 2.75) is 95.1 Å². The van der Waals surface area contributed by atoms with Gasteiger partial charge in [-0.25, -0.2) is 0 Å². The highest BCUT2D eigenvalue weighted by molar-refractivity contribution is 5.72. The van der Waals surface area contributed by atoms with Crippen molar-refractivity contribution in [3.05, 3.63) is 48.0 Å². The summed E-state index contributed by atoms with van der Waals surface area (Å²) in [5.74, 6) is 0.198. The van der Waals surface area contributed by atoms with Crippen LogP contribution in [0.4, 0.5) is 0 Å². The highest BCUT2D eigenvalue weighted by Gasteiger charge is 2.50. The van der Waals surface area contributed by atoms with Gasteiger partial charge in [0.15, 0.2) is 12.6 Å². The summed E-state index contributed by atoms with van der Waals surface area (Å²) in [7, 11) is 0. The molecule has 6 heteroatoms. The number of benzene rings is 1. The minimum Gasteiger partial charge on any atom is -0.462 e. The molecule has 1 aromatic rings. The average molecular weight is 471 g/mol. The van der Waals surface area contributed by atoms with Gasteiger partial charge in [-0.1, -0.05) is 42.5 Å². The monoisotopic (exact) mass is 470 g/mol. The predicted molar refractivity (Wildman–Crippen MR) is 127 cm³/mol. The molecule has 6 nitrogen and oxygen atoms in total. The summed E-state index contributed by atoms with van der Waals surface area (Å²) in [6.07, 6.45) is 13.4. The molecule has 3 heterocycles. The van der Waals surface area contributed by atoms with Crippen LogP contribution in [0.1, 0.15) is 63.4 Å². The number of hydrogen-bond donors (Lipinski definition) is 0. The fraction of sp³-hybridized carbons (Fsp3) is 0.679. The van der Waals surface area contributed by atoms with Crippen molar-refractivity contribution in [1.82, 2.24) is 0 Å². The lowest BCUT2D eigenvalue weighted by Gasteiger charge is -2.29. The number of ether oxygens (including phenoxy) is 5. The number of fused-ring (bicyclic) bond motifs is 1. The number of esters is 1. The quantitative estimate of drug-likeness (QED) is 0.376. The molecule has 1 aliphatic carbocycles. The van der Waals surface area contributed by atoms with Gasteiger partial charge >= 0.3 is 5.97 Å². The first kappa shape index (κ1) is 24.0. The zero-order chi connectivity index (χ0) is 23.2. The van der Waals surface area contributed by atoms with Gasteiger partial charge in [-0.3, -0.25) is 4.79 Å². The number of aryl methyl sites for hydroxylation is 1. The lowest BCUT2D eigenvalue weighted by Crippen LogP contribution is -2.31. The van der Waals surface area contributed by atoms with Gasteiger partial charge in [0.2, 0.25) is 0 Å². The minimum atomic E-state index is -0.148. The molecule has 3 aliphatic heterocycles. The summed E-state index contributed by atoms with van der Waals surface area (Å²) in [5, 5.41) is 0. The predicted octanol–water partition coefficient (Wildman–Crippen LogP) is 4.95. The Kier molecular flexibility index (Phi) is 8.33. The van der Waals surface area contributed by atoms with E-state index >= 15 is 0 Å². The fourth-order valence-electron chi connectivity index (χ4n) is 5.75. The van der Waals surface area contributed by atoms with E-state index in [0.717, 1.165) is 71.0 Å². The van der Waals surface area contributed by atoms with Crippen molar-refractivity contribution in [2.24, 2.45) is 11.8 Å². The van der Waals surface area contributed by atoms with Crippen LogP contribution in [0, 0.1) is 11.8 Å². The van der Waals surface area contributed by atoms with E-state index in [-0.39, 0.29) is 48.7 Å². The Bertz CT molecular complexity index is 798. The van der Waals surface area contributed by atoms with E-state index in [1.807, 2.05) is 6.07 Å². The normalized spacial score (nSPS) is 34.8. The highest BCUT2D eigenvalue weighted by Crippen LogP contribution is 2.44. The first-order valence-corrected chi connectivity index (χ1v) is 13.2. The van der Waals surface area contributed by atoms with Gasteiger partial charge in [0.05, 0.1) is 18.6 Å². The molecular weight excluding hydrogens is 432 g/mol. The Morgan fingerprint density at radius 2 is 1.76 bits per heavy atom. The van der Waals surface area contributed by atoms with E-state index in [2.05, 4.69) is 36.4 Å². The van der Waals surface area contributed by atoms with Crippen LogP contribution >= 0.6 is 0 Å². The fourth-order valence-corrected chi connectivity index (χ4v) is 5.75. The third-order valence-electron chi connectivity index (χ3n) is 7.59. The first-order valence-electron chi connectivity index (χ1n) is 13.2. The molecule has 0 spiro atoms. The summed E-state index contributed by atoms with van der Waals surface area (Å²) in [6.45, 7) is 1.53. The van der Waals surface area contributed by atoms with Crippen molar-refractivity contribution < 1.29 is 28.5 Å². The molecular formula is C28H38O6. The van der Waals surface area contributed by atoms with Crippen LogP contribution in [-0.2, 0) is 34.9 Å². The molecule has 0 aromatic heterocycles. The number of rotatable bonds is 9. The van der Waals surface area contributed by atoms with Crippen molar-refractivity contribution in [2.75, 3.05) is 13.2 Å². The molecule has 0 N–H and O–H groups in total. The van der Waals surface area contributed by atoms with Gasteiger partial charge in [-0.05, 0) is 56.9 Å². The molecule has 5 rings (SSSR count). The molecule has 0 radical (unpaired) electrons. The van der Waals surface area contributed by atoms with E-state index in [4.69, 9.17) is 23.7 Å². The maximum Gasteiger partial charge on any atom is 0.306 e. The van der Waals surface area contributed by atoms with E-state index < -0.39 is 0 Å². The van der Waals surface area contributed by atoms with Crippen LogP contribution in [0.3, 0.4) is 0 Å². The van der Waals surface area contributed by atoms with Gasteiger partial charge in [0.25, 0.3) is 0 Å². The summed E-state index contributed by atoms with van der Waals surface area (Å²) in [5.41, 5.74) is 1.31. The molecule has 34 heavy (non-hydrogen) atoms. The van der Waals surface area contributed by atoms with Gasteiger partial charge in [0, 0.05) is 31.5 Å². The van der Waals surface area contributed by atoms with Crippen LogP contribution in [-0.4, -0.2) is 50.1 Å². The number of carbonyl (C=O) groups is 1. The molecule has 0 bridgehead atoms. The van der Waals surface area contributed by atoms with E-state index in [0.29, 0.717) is 6.42 Å². The third-order valence-corrected chi connectivity index (χ3v) is 7.59. The molecule has 0 amide bonds. The molecule has 3 unspecified atom stereocenters. The van der Waals surface area contributed by atoms with Gasteiger partial charge in [-0.2, -0.15) is 0 Å². The molecule has 4 aliphatic rings. The number of hydrogen-bond acceptors (Lipinski definition) is 6. The minimum absolute atomic E-state index is 0.00292. The van der Waals surface area contributed by atoms with Crippen molar-refractivity contribution >= 4 is 5.97 Å². The summed E-state index contributed by atoms with van der Waals surface area (Å²) in [4.78, 5) is 12.0. The second-order valence-electron chi connectivity index (χ2n) is 10.1. The highest BCUT2D eigenvalue weighted by atomic mass is 16.7. The lowest BCUT2D eigenvalue weighted by molar-refractivity contribution is -0.194. The van der Waals surface area contributed by atoms with Crippen molar-refractivity contribution in [3.8, 4) is 0 Å². The van der Waals surface area contributed by atoms with E-state index in [9.17, 15) is 4.79 Å². The Labute approximate surface area is 202 Å². The standard InChI is InChI=1S/C28H38O6/c29-26-18-23-22(24(19-25(23)33-26)34-28-11-5-7-17-31-28)15-14-21(32-27-10-4-6-16-30-27)13-12-20-8-2-1-3-9-20/h1-3,8-9,14-15,21-25,27-28H,4-7,10-13,16-19H2/b15-14+/t21-,22+,23+,24+,25?,27?,28?/m0/s1. The summed E-state index contributed by atoms with van der Waals surface area (Å²) < 4.78 is 30.2. The smallest absolute Gasteiger partial charge is 0.306 e. The molecule has 1 aromatic carbocycles. The largest absolute Gasteiger partial charge is 0.462 e. The summed E-state index contributed by atoms with van der Waals surface area (Å²) in [6, 6.07) is 10.5. The number of carbonyl (C=O) groups excluding carboxylic acids is 1.